The maximum absolute atomic E-state index is 11.6. The lowest BCUT2D eigenvalue weighted by Gasteiger charge is -2.24. The quantitative estimate of drug-likeness (QED) is 0.575. The van der Waals surface area contributed by atoms with E-state index < -0.39 is 31.6 Å². The summed E-state index contributed by atoms with van der Waals surface area (Å²) in [5.74, 6) is 0.548. The Bertz CT molecular complexity index is 722. The Morgan fingerprint density at radius 2 is 2.12 bits per heavy atom. The maximum atomic E-state index is 11.6. The molecule has 0 bridgehead atoms. The SMILES string of the molecule is CC1CC(C)N(C[C@H](O)Cc2cccc(S(N)(=O)=O)c2[N+](=O)[O-])C1. The number of primary sulfonamides is 1. The van der Waals surface area contributed by atoms with E-state index in [9.17, 15) is 23.6 Å². The molecule has 134 valence electrons. The van der Waals surface area contributed by atoms with Crippen LogP contribution in [-0.2, 0) is 16.4 Å². The van der Waals surface area contributed by atoms with Crippen LogP contribution in [0.4, 0.5) is 5.69 Å². The van der Waals surface area contributed by atoms with Gasteiger partial charge in [0, 0.05) is 31.1 Å². The zero-order valence-corrected chi connectivity index (χ0v) is 14.6. The number of aliphatic hydroxyl groups excluding tert-OH is 1. The highest BCUT2D eigenvalue weighted by Gasteiger charge is 2.30. The number of likely N-dealkylation sites (tertiary alicyclic amines) is 1. The number of rotatable bonds is 6. The van der Waals surface area contributed by atoms with Crippen LogP contribution in [0.3, 0.4) is 0 Å². The van der Waals surface area contributed by atoms with Gasteiger partial charge in [-0.05, 0) is 25.3 Å². The van der Waals surface area contributed by atoms with Crippen molar-refractivity contribution in [1.29, 1.82) is 0 Å². The van der Waals surface area contributed by atoms with Crippen LogP contribution in [0, 0.1) is 16.0 Å². The molecule has 0 spiro atoms. The molecule has 2 unspecified atom stereocenters. The molecule has 3 atom stereocenters. The second kappa shape index (κ2) is 7.14. The van der Waals surface area contributed by atoms with E-state index in [0.717, 1.165) is 19.0 Å². The van der Waals surface area contributed by atoms with Crippen molar-refractivity contribution in [1.82, 2.24) is 4.90 Å². The number of hydrogen-bond acceptors (Lipinski definition) is 6. The number of hydrogen-bond donors (Lipinski definition) is 2. The van der Waals surface area contributed by atoms with Crippen LogP contribution in [0.2, 0.25) is 0 Å². The Kier molecular flexibility index (Phi) is 5.59. The molecule has 2 rings (SSSR count). The number of nitro groups is 1. The summed E-state index contributed by atoms with van der Waals surface area (Å²) in [7, 11) is -4.21. The number of aliphatic hydroxyl groups is 1. The first-order chi connectivity index (χ1) is 11.1. The summed E-state index contributed by atoms with van der Waals surface area (Å²) in [6.45, 7) is 5.49. The Balaban J connectivity index is 2.22. The minimum Gasteiger partial charge on any atom is -0.391 e. The van der Waals surface area contributed by atoms with Crippen LogP contribution in [0.15, 0.2) is 23.1 Å². The van der Waals surface area contributed by atoms with Crippen molar-refractivity contribution in [3.63, 3.8) is 0 Å². The summed E-state index contributed by atoms with van der Waals surface area (Å²) in [6.07, 6.45) is 0.220. The predicted molar refractivity (Wildman–Crippen MR) is 89.0 cm³/mol. The number of para-hydroxylation sites is 1. The van der Waals surface area contributed by atoms with Crippen molar-refractivity contribution in [3.8, 4) is 0 Å². The van der Waals surface area contributed by atoms with Gasteiger partial charge in [0.1, 0.15) is 0 Å². The molecule has 24 heavy (non-hydrogen) atoms. The van der Waals surface area contributed by atoms with Gasteiger partial charge in [0.05, 0.1) is 11.0 Å². The van der Waals surface area contributed by atoms with E-state index in [1.54, 1.807) is 0 Å². The fourth-order valence-corrected chi connectivity index (χ4v) is 4.14. The van der Waals surface area contributed by atoms with Crippen molar-refractivity contribution in [2.24, 2.45) is 11.1 Å². The zero-order chi connectivity index (χ0) is 18.1. The van der Waals surface area contributed by atoms with Gasteiger partial charge >= 0.3 is 0 Å². The molecule has 1 aromatic rings. The van der Waals surface area contributed by atoms with Crippen LogP contribution >= 0.6 is 0 Å². The Morgan fingerprint density at radius 1 is 1.46 bits per heavy atom. The van der Waals surface area contributed by atoms with Gasteiger partial charge in [-0.25, -0.2) is 13.6 Å². The lowest BCUT2D eigenvalue weighted by atomic mass is 10.1. The molecule has 1 heterocycles. The van der Waals surface area contributed by atoms with Crippen LogP contribution in [0.1, 0.15) is 25.8 Å². The molecule has 0 saturated carbocycles. The van der Waals surface area contributed by atoms with Crippen molar-refractivity contribution in [2.75, 3.05) is 13.1 Å². The van der Waals surface area contributed by atoms with Crippen LogP contribution in [-0.4, -0.2) is 48.6 Å². The molecule has 1 aromatic carbocycles. The van der Waals surface area contributed by atoms with Crippen LogP contribution < -0.4 is 5.14 Å². The normalized spacial score (nSPS) is 23.3. The number of nitrogens with zero attached hydrogens (tertiary/aromatic N) is 2. The van der Waals surface area contributed by atoms with Gasteiger partial charge < -0.3 is 5.11 Å². The standard InChI is InChI=1S/C15H23N3O5S/c1-10-6-11(2)17(8-10)9-13(19)7-12-4-3-5-14(24(16,22)23)15(12)18(20)21/h3-5,10-11,13,19H,6-9H2,1-2H3,(H2,16,22,23)/t10?,11?,13-/m1/s1. The highest BCUT2D eigenvalue weighted by atomic mass is 32.2. The number of nitro benzene ring substituents is 1. The van der Waals surface area contributed by atoms with Gasteiger partial charge in [0.25, 0.3) is 5.69 Å². The third-order valence-electron chi connectivity index (χ3n) is 4.39. The van der Waals surface area contributed by atoms with Gasteiger partial charge in [-0.1, -0.05) is 19.1 Å². The van der Waals surface area contributed by atoms with E-state index in [0.29, 0.717) is 18.5 Å². The Hall–Kier alpha value is -1.55. The fourth-order valence-electron chi connectivity index (χ4n) is 3.40. The van der Waals surface area contributed by atoms with Gasteiger partial charge in [-0.2, -0.15) is 0 Å². The highest BCUT2D eigenvalue weighted by molar-refractivity contribution is 7.89. The minimum atomic E-state index is -4.21. The molecule has 0 aromatic heterocycles. The first-order valence-corrected chi connectivity index (χ1v) is 9.35. The first kappa shape index (κ1) is 18.8. The van der Waals surface area contributed by atoms with Crippen molar-refractivity contribution >= 4 is 15.7 Å². The number of benzene rings is 1. The molecule has 1 aliphatic rings. The van der Waals surface area contributed by atoms with Crippen molar-refractivity contribution in [3.05, 3.63) is 33.9 Å². The Morgan fingerprint density at radius 3 is 2.62 bits per heavy atom. The lowest BCUT2D eigenvalue weighted by molar-refractivity contribution is -0.388. The summed E-state index contributed by atoms with van der Waals surface area (Å²) in [6, 6.07) is 4.30. The molecule has 1 saturated heterocycles. The second-order valence-corrected chi connectivity index (χ2v) is 8.10. The van der Waals surface area contributed by atoms with E-state index in [1.165, 1.54) is 12.1 Å². The number of sulfonamides is 1. The van der Waals surface area contributed by atoms with Gasteiger partial charge in [-0.3, -0.25) is 15.0 Å². The summed E-state index contributed by atoms with van der Waals surface area (Å²) in [5, 5.41) is 26.7. The molecule has 1 aliphatic heterocycles. The largest absolute Gasteiger partial charge is 0.391 e. The van der Waals surface area contributed by atoms with E-state index >= 15 is 0 Å². The van der Waals surface area contributed by atoms with E-state index in [2.05, 4.69) is 18.7 Å². The number of β-amino-alcohol motifs (C(OH)–C–C–N with tert-alkyl or cyclic N) is 1. The van der Waals surface area contributed by atoms with Gasteiger partial charge in [-0.15, -0.1) is 0 Å². The number of nitrogens with two attached hydrogens (primary N) is 1. The summed E-state index contributed by atoms with van der Waals surface area (Å²) in [5.41, 5.74) is -0.388. The molecule has 0 radical (unpaired) electrons. The maximum Gasteiger partial charge on any atom is 0.292 e. The third-order valence-corrected chi connectivity index (χ3v) is 5.33. The summed E-state index contributed by atoms with van der Waals surface area (Å²) >= 11 is 0. The average molecular weight is 357 g/mol. The molecule has 3 N–H and O–H groups in total. The highest BCUT2D eigenvalue weighted by Crippen LogP contribution is 2.29. The van der Waals surface area contributed by atoms with Crippen LogP contribution in [0.25, 0.3) is 0 Å². The molecular weight excluding hydrogens is 334 g/mol. The van der Waals surface area contributed by atoms with Gasteiger partial charge in [0.15, 0.2) is 4.90 Å². The lowest BCUT2D eigenvalue weighted by Crippen LogP contribution is -2.36. The molecule has 0 aliphatic carbocycles. The zero-order valence-electron chi connectivity index (χ0n) is 13.8. The van der Waals surface area contributed by atoms with Crippen LogP contribution in [0.5, 0.6) is 0 Å². The molecule has 9 heteroatoms. The molecular formula is C15H23N3O5S. The molecule has 0 amide bonds. The fraction of sp³-hybridized carbons (Fsp3) is 0.600. The van der Waals surface area contributed by atoms with E-state index in [-0.39, 0.29) is 12.0 Å². The predicted octanol–water partition coefficient (Wildman–Crippen LogP) is 0.876. The first-order valence-electron chi connectivity index (χ1n) is 7.80. The molecule has 8 nitrogen and oxygen atoms in total. The monoisotopic (exact) mass is 357 g/mol. The smallest absolute Gasteiger partial charge is 0.292 e. The Labute approximate surface area is 141 Å². The van der Waals surface area contributed by atoms with Crippen molar-refractivity contribution in [2.45, 2.75) is 43.7 Å². The van der Waals surface area contributed by atoms with E-state index in [4.69, 9.17) is 5.14 Å². The minimum absolute atomic E-state index is 0.00270. The van der Waals surface area contributed by atoms with Crippen molar-refractivity contribution < 1.29 is 18.4 Å². The van der Waals surface area contributed by atoms with Gasteiger partial charge in [0.2, 0.25) is 10.0 Å². The van der Waals surface area contributed by atoms with E-state index in [1.807, 2.05) is 0 Å². The third kappa shape index (κ3) is 4.29. The topological polar surface area (TPSA) is 127 Å². The average Bonchev–Trinajstić information content (AvgIpc) is 2.75. The second-order valence-electron chi connectivity index (χ2n) is 6.57. The summed E-state index contributed by atoms with van der Waals surface area (Å²) in [4.78, 5) is 12.2. The molecule has 1 fully saturated rings. The summed E-state index contributed by atoms with van der Waals surface area (Å²) < 4.78 is 23.1.